The molecule has 9 heteroatoms. The van der Waals surface area contributed by atoms with Crippen LogP contribution >= 0.6 is 11.6 Å². The lowest BCUT2D eigenvalue weighted by molar-refractivity contribution is -0.384. The van der Waals surface area contributed by atoms with Gasteiger partial charge in [-0.1, -0.05) is 25.4 Å². The topological polar surface area (TPSA) is 113 Å². The van der Waals surface area contributed by atoms with Gasteiger partial charge in [-0.3, -0.25) is 19.7 Å². The molecule has 0 spiro atoms. The molecule has 1 saturated heterocycles. The first kappa shape index (κ1) is 20.1. The first-order chi connectivity index (χ1) is 12.3. The standard InChI is InChI=1S/C17H23ClN4O4/c1-10(2)15(17(24)20-9-11-4-3-7-19-11)21-16(23)13-6-5-12(22(25)26)8-14(13)18/h5-6,8,10-11,15,19H,3-4,7,9H2,1-2H3,(H,20,24)(H,21,23). The van der Waals surface area contributed by atoms with Gasteiger partial charge in [0.2, 0.25) is 5.91 Å². The molecule has 2 rings (SSSR count). The van der Waals surface area contributed by atoms with E-state index in [1.807, 2.05) is 13.8 Å². The third-order valence-electron chi connectivity index (χ3n) is 4.33. The summed E-state index contributed by atoms with van der Waals surface area (Å²) in [6.07, 6.45) is 2.10. The summed E-state index contributed by atoms with van der Waals surface area (Å²) in [5, 5.41) is 19.6. The van der Waals surface area contributed by atoms with Gasteiger partial charge < -0.3 is 16.0 Å². The van der Waals surface area contributed by atoms with Crippen molar-refractivity contribution in [2.45, 2.75) is 38.8 Å². The van der Waals surface area contributed by atoms with Gasteiger partial charge >= 0.3 is 0 Å². The largest absolute Gasteiger partial charge is 0.353 e. The van der Waals surface area contributed by atoms with E-state index in [0.717, 1.165) is 25.5 Å². The summed E-state index contributed by atoms with van der Waals surface area (Å²) in [5.74, 6) is -0.940. The highest BCUT2D eigenvalue weighted by molar-refractivity contribution is 6.34. The Morgan fingerprint density at radius 2 is 2.15 bits per heavy atom. The van der Waals surface area contributed by atoms with Gasteiger partial charge in [0.05, 0.1) is 15.5 Å². The van der Waals surface area contributed by atoms with Crippen LogP contribution in [-0.2, 0) is 4.79 Å². The molecular formula is C17H23ClN4O4. The number of nitrogens with one attached hydrogen (secondary N) is 3. The van der Waals surface area contributed by atoms with Crippen LogP contribution in [-0.4, -0.2) is 41.9 Å². The summed E-state index contributed by atoms with van der Waals surface area (Å²) >= 11 is 5.98. The number of nitro groups is 1. The van der Waals surface area contributed by atoms with Crippen LogP contribution in [0.5, 0.6) is 0 Å². The van der Waals surface area contributed by atoms with Crippen LogP contribution in [0.2, 0.25) is 5.02 Å². The number of rotatable bonds is 7. The van der Waals surface area contributed by atoms with E-state index in [2.05, 4.69) is 16.0 Å². The Bertz CT molecular complexity index is 689. The number of non-ortho nitro benzene ring substituents is 1. The molecule has 1 heterocycles. The quantitative estimate of drug-likeness (QED) is 0.492. The monoisotopic (exact) mass is 382 g/mol. The third-order valence-corrected chi connectivity index (χ3v) is 4.64. The Hall–Kier alpha value is -2.19. The molecule has 2 amide bonds. The van der Waals surface area contributed by atoms with E-state index in [0.29, 0.717) is 6.54 Å². The van der Waals surface area contributed by atoms with Crippen molar-refractivity contribution in [3.63, 3.8) is 0 Å². The van der Waals surface area contributed by atoms with E-state index in [1.165, 1.54) is 12.1 Å². The second kappa shape index (κ2) is 8.95. The highest BCUT2D eigenvalue weighted by atomic mass is 35.5. The molecule has 0 bridgehead atoms. The number of halogens is 1. The first-order valence-corrected chi connectivity index (χ1v) is 8.93. The van der Waals surface area contributed by atoms with Crippen molar-refractivity contribution in [2.24, 2.45) is 5.92 Å². The first-order valence-electron chi connectivity index (χ1n) is 8.55. The second-order valence-corrected chi connectivity index (χ2v) is 7.06. The minimum Gasteiger partial charge on any atom is -0.353 e. The van der Waals surface area contributed by atoms with E-state index in [-0.39, 0.29) is 34.1 Å². The predicted octanol–water partition coefficient (Wildman–Crippen LogP) is 1.87. The number of hydrogen-bond acceptors (Lipinski definition) is 5. The highest BCUT2D eigenvalue weighted by Gasteiger charge is 2.26. The molecule has 0 aliphatic carbocycles. The predicted molar refractivity (Wildman–Crippen MR) is 98.2 cm³/mol. The average molecular weight is 383 g/mol. The molecule has 1 aliphatic rings. The van der Waals surface area contributed by atoms with E-state index >= 15 is 0 Å². The Balaban J connectivity index is 2.02. The molecule has 1 fully saturated rings. The second-order valence-electron chi connectivity index (χ2n) is 6.65. The Morgan fingerprint density at radius 1 is 1.42 bits per heavy atom. The van der Waals surface area contributed by atoms with Crippen molar-refractivity contribution in [3.05, 3.63) is 38.9 Å². The number of benzene rings is 1. The van der Waals surface area contributed by atoms with Crippen molar-refractivity contribution < 1.29 is 14.5 Å². The molecule has 3 N–H and O–H groups in total. The van der Waals surface area contributed by atoms with Gasteiger partial charge in [0, 0.05) is 24.7 Å². The molecule has 1 aliphatic heterocycles. The maximum Gasteiger partial charge on any atom is 0.270 e. The van der Waals surface area contributed by atoms with E-state index in [1.54, 1.807) is 0 Å². The average Bonchev–Trinajstić information content (AvgIpc) is 3.10. The van der Waals surface area contributed by atoms with Crippen molar-refractivity contribution in [3.8, 4) is 0 Å². The lowest BCUT2D eigenvalue weighted by atomic mass is 10.0. The van der Waals surface area contributed by atoms with Crippen LogP contribution in [0.1, 0.15) is 37.0 Å². The van der Waals surface area contributed by atoms with Crippen LogP contribution in [0.3, 0.4) is 0 Å². The number of nitro benzene ring substituents is 1. The zero-order chi connectivity index (χ0) is 19.3. The summed E-state index contributed by atoms with van der Waals surface area (Å²) < 4.78 is 0. The van der Waals surface area contributed by atoms with Gasteiger partial charge in [0.1, 0.15) is 6.04 Å². The molecule has 0 saturated carbocycles. The fourth-order valence-electron chi connectivity index (χ4n) is 2.82. The molecule has 26 heavy (non-hydrogen) atoms. The van der Waals surface area contributed by atoms with Crippen LogP contribution in [0, 0.1) is 16.0 Å². The zero-order valence-corrected chi connectivity index (χ0v) is 15.5. The Labute approximate surface area is 156 Å². The van der Waals surface area contributed by atoms with Crippen molar-refractivity contribution in [2.75, 3.05) is 13.1 Å². The molecule has 2 unspecified atom stereocenters. The zero-order valence-electron chi connectivity index (χ0n) is 14.8. The Kier molecular flexibility index (Phi) is 6.93. The summed E-state index contributed by atoms with van der Waals surface area (Å²) in [6, 6.07) is 3.14. The van der Waals surface area contributed by atoms with Crippen molar-refractivity contribution >= 4 is 29.1 Å². The lowest BCUT2D eigenvalue weighted by Gasteiger charge is -2.23. The van der Waals surface area contributed by atoms with Crippen molar-refractivity contribution in [1.82, 2.24) is 16.0 Å². The van der Waals surface area contributed by atoms with E-state index < -0.39 is 16.9 Å². The van der Waals surface area contributed by atoms with E-state index in [9.17, 15) is 19.7 Å². The van der Waals surface area contributed by atoms with Crippen LogP contribution in [0.4, 0.5) is 5.69 Å². The molecule has 1 aromatic rings. The Morgan fingerprint density at radius 3 is 2.69 bits per heavy atom. The smallest absolute Gasteiger partial charge is 0.270 e. The number of carbonyl (C=O) groups excluding carboxylic acids is 2. The lowest BCUT2D eigenvalue weighted by Crippen LogP contribution is -2.51. The van der Waals surface area contributed by atoms with Gasteiger partial charge in [-0.15, -0.1) is 0 Å². The number of hydrogen-bond donors (Lipinski definition) is 3. The molecule has 8 nitrogen and oxygen atoms in total. The summed E-state index contributed by atoms with van der Waals surface area (Å²) in [4.78, 5) is 35.1. The van der Waals surface area contributed by atoms with Crippen LogP contribution < -0.4 is 16.0 Å². The molecule has 1 aromatic carbocycles. The van der Waals surface area contributed by atoms with Gasteiger partial charge in [0.25, 0.3) is 11.6 Å². The van der Waals surface area contributed by atoms with Crippen molar-refractivity contribution in [1.29, 1.82) is 0 Å². The van der Waals surface area contributed by atoms with Crippen LogP contribution in [0.15, 0.2) is 18.2 Å². The number of carbonyl (C=O) groups is 2. The maximum absolute atomic E-state index is 12.5. The molecule has 0 aromatic heterocycles. The van der Waals surface area contributed by atoms with Gasteiger partial charge in [-0.25, -0.2) is 0 Å². The van der Waals surface area contributed by atoms with Gasteiger partial charge in [-0.2, -0.15) is 0 Å². The summed E-state index contributed by atoms with van der Waals surface area (Å²) in [5.41, 5.74) is -0.109. The summed E-state index contributed by atoms with van der Waals surface area (Å²) in [6.45, 7) is 5.12. The fraction of sp³-hybridized carbons (Fsp3) is 0.529. The number of nitrogens with zero attached hydrogens (tertiary/aromatic N) is 1. The minimum absolute atomic E-state index is 0.0326. The van der Waals surface area contributed by atoms with Gasteiger partial charge in [0.15, 0.2) is 0 Å². The maximum atomic E-state index is 12.5. The number of amides is 2. The molecular weight excluding hydrogens is 360 g/mol. The van der Waals surface area contributed by atoms with E-state index in [4.69, 9.17) is 11.6 Å². The molecule has 0 radical (unpaired) electrons. The fourth-order valence-corrected chi connectivity index (χ4v) is 3.08. The highest BCUT2D eigenvalue weighted by Crippen LogP contribution is 2.22. The SMILES string of the molecule is CC(C)C(NC(=O)c1ccc([N+](=O)[O-])cc1Cl)C(=O)NCC1CCCN1. The normalized spacial score (nSPS) is 17.8. The minimum atomic E-state index is -0.727. The molecule has 2 atom stereocenters. The van der Waals surface area contributed by atoms with Crippen LogP contribution in [0.25, 0.3) is 0 Å². The van der Waals surface area contributed by atoms with Gasteiger partial charge in [-0.05, 0) is 31.4 Å². The summed E-state index contributed by atoms with van der Waals surface area (Å²) in [7, 11) is 0. The molecule has 142 valence electrons. The third kappa shape index (κ3) is 5.15.